The number of benzene rings is 2. The molecule has 0 bridgehead atoms. The zero-order valence-electron chi connectivity index (χ0n) is 13.7. The highest BCUT2D eigenvalue weighted by atomic mass is 16.5. The number of nitrogens with one attached hydrogen (secondary N) is 1. The van der Waals surface area contributed by atoms with Crippen LogP contribution >= 0.6 is 0 Å². The third-order valence-electron chi connectivity index (χ3n) is 3.36. The van der Waals surface area contributed by atoms with Crippen molar-refractivity contribution in [3.8, 4) is 5.75 Å². The van der Waals surface area contributed by atoms with E-state index in [1.165, 1.54) is 6.08 Å². The van der Waals surface area contributed by atoms with Gasteiger partial charge in [-0.05, 0) is 55.0 Å². The molecule has 0 saturated carbocycles. The summed E-state index contributed by atoms with van der Waals surface area (Å²) < 4.78 is 5.07. The zero-order valence-corrected chi connectivity index (χ0v) is 13.7. The van der Waals surface area contributed by atoms with Crippen LogP contribution in [-0.2, 0) is 4.79 Å². The summed E-state index contributed by atoms with van der Waals surface area (Å²) in [6.07, 6.45) is 3.25. The minimum absolute atomic E-state index is 0.0858. The Bertz CT molecular complexity index is 772. The van der Waals surface area contributed by atoms with Gasteiger partial charge in [0, 0.05) is 16.8 Å². The molecule has 2 aromatic rings. The molecule has 0 aliphatic heterocycles. The largest absolute Gasteiger partial charge is 0.497 e. The lowest BCUT2D eigenvalue weighted by atomic mass is 10.1. The molecule has 0 atom stereocenters. The van der Waals surface area contributed by atoms with Gasteiger partial charge in [0.1, 0.15) is 5.75 Å². The van der Waals surface area contributed by atoms with Crippen molar-refractivity contribution in [1.82, 2.24) is 0 Å². The molecule has 4 nitrogen and oxygen atoms in total. The van der Waals surface area contributed by atoms with Crippen LogP contribution in [0.1, 0.15) is 22.8 Å². The Morgan fingerprint density at radius 2 is 1.67 bits per heavy atom. The van der Waals surface area contributed by atoms with Gasteiger partial charge in [-0.1, -0.05) is 24.8 Å². The van der Waals surface area contributed by atoms with Gasteiger partial charge in [-0.3, -0.25) is 9.59 Å². The topological polar surface area (TPSA) is 55.4 Å². The molecule has 0 aromatic heterocycles. The van der Waals surface area contributed by atoms with Crippen molar-refractivity contribution in [2.24, 2.45) is 0 Å². The van der Waals surface area contributed by atoms with Crippen molar-refractivity contribution in [2.75, 3.05) is 12.4 Å². The summed E-state index contributed by atoms with van der Waals surface area (Å²) in [5, 5.41) is 2.73. The Balaban J connectivity index is 2.01. The monoisotopic (exact) mass is 321 g/mol. The summed E-state index contributed by atoms with van der Waals surface area (Å²) in [6, 6.07) is 14.2. The molecule has 0 heterocycles. The third kappa shape index (κ3) is 4.68. The maximum atomic E-state index is 12.1. The summed E-state index contributed by atoms with van der Waals surface area (Å²) in [4.78, 5) is 23.6. The number of carbonyl (C=O) groups is 2. The smallest absolute Gasteiger partial charge is 0.250 e. The van der Waals surface area contributed by atoms with Crippen molar-refractivity contribution >= 4 is 23.5 Å². The molecule has 0 unspecified atom stereocenters. The molecule has 1 N–H and O–H groups in total. The van der Waals surface area contributed by atoms with E-state index >= 15 is 0 Å². The Kier molecular flexibility index (Phi) is 5.68. The van der Waals surface area contributed by atoms with Crippen molar-refractivity contribution in [1.29, 1.82) is 0 Å². The van der Waals surface area contributed by atoms with Crippen LogP contribution in [0, 0.1) is 0 Å². The van der Waals surface area contributed by atoms with Crippen molar-refractivity contribution < 1.29 is 14.3 Å². The second-order valence-electron chi connectivity index (χ2n) is 5.28. The van der Waals surface area contributed by atoms with Crippen LogP contribution in [-0.4, -0.2) is 18.8 Å². The van der Waals surface area contributed by atoms with E-state index in [-0.39, 0.29) is 11.7 Å². The molecule has 0 spiro atoms. The zero-order chi connectivity index (χ0) is 17.5. The second-order valence-corrected chi connectivity index (χ2v) is 5.28. The van der Waals surface area contributed by atoms with Crippen LogP contribution in [0.25, 0.3) is 6.08 Å². The van der Waals surface area contributed by atoms with Crippen LogP contribution in [0.4, 0.5) is 5.69 Å². The summed E-state index contributed by atoms with van der Waals surface area (Å²) >= 11 is 0. The Morgan fingerprint density at radius 3 is 2.21 bits per heavy atom. The number of anilines is 1. The highest BCUT2D eigenvalue weighted by Gasteiger charge is 2.03. The number of carbonyl (C=O) groups excluding carboxylic acids is 2. The van der Waals surface area contributed by atoms with E-state index in [0.717, 1.165) is 5.56 Å². The molecule has 2 rings (SSSR count). The fourth-order valence-electron chi connectivity index (χ4n) is 1.94. The van der Waals surface area contributed by atoms with Crippen molar-refractivity contribution in [2.45, 2.75) is 6.92 Å². The molecule has 24 heavy (non-hydrogen) atoms. The van der Waals surface area contributed by atoms with E-state index in [0.29, 0.717) is 22.6 Å². The van der Waals surface area contributed by atoms with Crippen molar-refractivity contribution in [3.05, 3.63) is 77.9 Å². The molecule has 0 aliphatic carbocycles. The fraction of sp³-hybridized carbons (Fsp3) is 0.100. The number of allylic oxidation sites excluding steroid dienone is 1. The molecule has 0 fully saturated rings. The highest BCUT2D eigenvalue weighted by molar-refractivity contribution is 6.07. The maximum Gasteiger partial charge on any atom is 0.250 e. The van der Waals surface area contributed by atoms with Crippen molar-refractivity contribution in [3.63, 3.8) is 0 Å². The van der Waals surface area contributed by atoms with Gasteiger partial charge < -0.3 is 10.1 Å². The second kappa shape index (κ2) is 7.92. The van der Waals surface area contributed by atoms with Crippen LogP contribution in [0.5, 0.6) is 5.75 Å². The number of ether oxygens (including phenoxy) is 1. The molecule has 0 saturated heterocycles. The number of rotatable bonds is 6. The number of hydrogen-bond donors (Lipinski definition) is 1. The van der Waals surface area contributed by atoms with E-state index in [2.05, 4.69) is 11.9 Å². The molecular formula is C20H19NO3. The lowest BCUT2D eigenvalue weighted by Gasteiger charge is -2.04. The Morgan fingerprint density at radius 1 is 1.04 bits per heavy atom. The first-order valence-electron chi connectivity index (χ1n) is 7.43. The first-order valence-corrected chi connectivity index (χ1v) is 7.43. The predicted molar refractivity (Wildman–Crippen MR) is 96.2 cm³/mol. The van der Waals surface area contributed by atoms with E-state index in [9.17, 15) is 9.59 Å². The van der Waals surface area contributed by atoms with Crippen LogP contribution in [0.3, 0.4) is 0 Å². The van der Waals surface area contributed by atoms with Gasteiger partial charge in [0.15, 0.2) is 5.78 Å². The Labute approximate surface area is 141 Å². The lowest BCUT2D eigenvalue weighted by molar-refractivity contribution is -0.112. The number of ketones is 1. The average molecular weight is 321 g/mol. The molecule has 0 radical (unpaired) electrons. The SMILES string of the molecule is C=C(C)C(=O)Nc1ccc(C=CC(=O)c2ccc(OC)cc2)cc1. The lowest BCUT2D eigenvalue weighted by Crippen LogP contribution is -2.11. The van der Waals surface area contributed by atoms with Crippen LogP contribution in [0.2, 0.25) is 0 Å². The molecule has 4 heteroatoms. The van der Waals surface area contributed by atoms with Gasteiger partial charge in [0.05, 0.1) is 7.11 Å². The van der Waals surface area contributed by atoms with E-state index in [1.807, 2.05) is 12.1 Å². The van der Waals surface area contributed by atoms with E-state index < -0.39 is 0 Å². The normalized spacial score (nSPS) is 10.4. The first-order chi connectivity index (χ1) is 11.5. The van der Waals surface area contributed by atoms with E-state index in [1.54, 1.807) is 56.5 Å². The van der Waals surface area contributed by atoms with Crippen LogP contribution < -0.4 is 10.1 Å². The Hall–Kier alpha value is -3.14. The first kappa shape index (κ1) is 17.2. The summed E-state index contributed by atoms with van der Waals surface area (Å²) in [6.45, 7) is 5.24. The summed E-state index contributed by atoms with van der Waals surface area (Å²) in [5.74, 6) is 0.410. The van der Waals surface area contributed by atoms with Gasteiger partial charge in [-0.15, -0.1) is 0 Å². The summed E-state index contributed by atoms with van der Waals surface area (Å²) in [5.41, 5.74) is 2.59. The quantitative estimate of drug-likeness (QED) is 0.643. The standard InChI is InChI=1S/C20H19NO3/c1-14(2)20(23)21-17-9-4-15(5-10-17)6-13-19(22)16-7-11-18(24-3)12-8-16/h4-13H,1H2,2-3H3,(H,21,23). The van der Waals surface area contributed by atoms with E-state index in [4.69, 9.17) is 4.74 Å². The molecule has 2 aromatic carbocycles. The summed E-state index contributed by atoms with van der Waals surface area (Å²) in [7, 11) is 1.58. The average Bonchev–Trinajstić information content (AvgIpc) is 2.60. The molecule has 0 aliphatic rings. The third-order valence-corrected chi connectivity index (χ3v) is 3.36. The highest BCUT2D eigenvalue weighted by Crippen LogP contribution is 2.14. The number of hydrogen-bond acceptors (Lipinski definition) is 3. The molecule has 122 valence electrons. The minimum Gasteiger partial charge on any atom is -0.497 e. The fourth-order valence-corrected chi connectivity index (χ4v) is 1.94. The van der Waals surface area contributed by atoms with Gasteiger partial charge in [0.25, 0.3) is 5.91 Å². The van der Waals surface area contributed by atoms with Gasteiger partial charge in [-0.25, -0.2) is 0 Å². The molecule has 1 amide bonds. The van der Waals surface area contributed by atoms with Gasteiger partial charge in [0.2, 0.25) is 0 Å². The number of amides is 1. The van der Waals surface area contributed by atoms with Gasteiger partial charge >= 0.3 is 0 Å². The predicted octanol–water partition coefficient (Wildman–Crippen LogP) is 4.11. The number of methoxy groups -OCH3 is 1. The minimum atomic E-state index is -0.215. The van der Waals surface area contributed by atoms with Crippen LogP contribution in [0.15, 0.2) is 66.8 Å². The van der Waals surface area contributed by atoms with Gasteiger partial charge in [-0.2, -0.15) is 0 Å². The molecular weight excluding hydrogens is 302 g/mol. The maximum absolute atomic E-state index is 12.1.